The Kier molecular flexibility index (Phi) is 3.17. The van der Waals surface area contributed by atoms with Crippen LogP contribution >= 0.6 is 0 Å². The molecule has 0 atom stereocenters. The molecule has 2 nitrogen and oxygen atoms in total. The fraction of sp³-hybridized carbons (Fsp3) is 0.462. The van der Waals surface area contributed by atoms with Crippen LogP contribution in [0.3, 0.4) is 0 Å². The second-order valence-corrected chi connectivity index (χ2v) is 4.08. The van der Waals surface area contributed by atoms with Gasteiger partial charge in [-0.15, -0.1) is 0 Å². The van der Waals surface area contributed by atoms with Crippen LogP contribution in [0.4, 0.5) is 0 Å². The molecule has 0 amide bonds. The molecular formula is C13H17NO. The number of carbonyl (C=O) groups excluding carboxylic acids is 1. The monoisotopic (exact) mass is 203 g/mol. The van der Waals surface area contributed by atoms with Gasteiger partial charge in [-0.3, -0.25) is 4.79 Å². The molecule has 1 aliphatic rings. The van der Waals surface area contributed by atoms with Gasteiger partial charge in [0.05, 0.1) is 0 Å². The summed E-state index contributed by atoms with van der Waals surface area (Å²) in [6.07, 6.45) is 2.64. The maximum Gasteiger partial charge on any atom is 0.162 e. The first-order chi connectivity index (χ1) is 7.31. The summed E-state index contributed by atoms with van der Waals surface area (Å²) in [7, 11) is 0. The number of hydrogen-bond acceptors (Lipinski definition) is 2. The molecule has 0 unspecified atom stereocenters. The standard InChI is InChI=1S/C13H17NO/c1-2-3-13(15)11-4-5-12-9-14-7-6-10(12)8-11/h4-5,8,14H,2-3,6-7,9H2,1H3. The topological polar surface area (TPSA) is 29.1 Å². The van der Waals surface area contributed by atoms with Gasteiger partial charge >= 0.3 is 0 Å². The summed E-state index contributed by atoms with van der Waals surface area (Å²) < 4.78 is 0. The quantitative estimate of drug-likeness (QED) is 0.764. The number of ketones is 1. The third kappa shape index (κ3) is 2.26. The molecule has 0 fully saturated rings. The molecule has 0 saturated heterocycles. The number of hydrogen-bond donors (Lipinski definition) is 1. The Hall–Kier alpha value is -1.15. The van der Waals surface area contributed by atoms with E-state index >= 15 is 0 Å². The van der Waals surface area contributed by atoms with Crippen LogP contribution in [0.15, 0.2) is 18.2 Å². The number of rotatable bonds is 3. The molecule has 1 heterocycles. The minimum Gasteiger partial charge on any atom is -0.312 e. The first kappa shape index (κ1) is 10.4. The van der Waals surface area contributed by atoms with Crippen molar-refractivity contribution in [2.45, 2.75) is 32.7 Å². The van der Waals surface area contributed by atoms with Gasteiger partial charge < -0.3 is 5.32 Å². The third-order valence-corrected chi connectivity index (χ3v) is 2.89. The highest BCUT2D eigenvalue weighted by Gasteiger charge is 2.11. The highest BCUT2D eigenvalue weighted by Crippen LogP contribution is 2.17. The normalized spacial score (nSPS) is 14.7. The van der Waals surface area contributed by atoms with Crippen molar-refractivity contribution in [1.29, 1.82) is 0 Å². The second-order valence-electron chi connectivity index (χ2n) is 4.08. The number of Topliss-reactive ketones (excluding diaryl/α,β-unsaturated/α-hetero) is 1. The van der Waals surface area contributed by atoms with Crippen molar-refractivity contribution in [1.82, 2.24) is 5.32 Å². The van der Waals surface area contributed by atoms with Gasteiger partial charge in [-0.1, -0.05) is 19.1 Å². The van der Waals surface area contributed by atoms with Crippen molar-refractivity contribution in [2.24, 2.45) is 0 Å². The van der Waals surface area contributed by atoms with Gasteiger partial charge in [0.15, 0.2) is 5.78 Å². The summed E-state index contributed by atoms with van der Waals surface area (Å²) in [4.78, 5) is 11.7. The van der Waals surface area contributed by atoms with Crippen LogP contribution in [0.2, 0.25) is 0 Å². The Morgan fingerprint density at radius 3 is 3.07 bits per heavy atom. The smallest absolute Gasteiger partial charge is 0.162 e. The predicted molar refractivity (Wildman–Crippen MR) is 61.1 cm³/mol. The number of nitrogens with one attached hydrogen (secondary N) is 1. The first-order valence-electron chi connectivity index (χ1n) is 5.67. The van der Waals surface area contributed by atoms with Crippen LogP contribution in [-0.4, -0.2) is 12.3 Å². The van der Waals surface area contributed by atoms with Crippen LogP contribution in [0.25, 0.3) is 0 Å². The highest BCUT2D eigenvalue weighted by molar-refractivity contribution is 5.96. The molecule has 0 aliphatic carbocycles. The van der Waals surface area contributed by atoms with Crippen molar-refractivity contribution in [3.63, 3.8) is 0 Å². The summed E-state index contributed by atoms with van der Waals surface area (Å²) >= 11 is 0. The molecular weight excluding hydrogens is 186 g/mol. The first-order valence-corrected chi connectivity index (χ1v) is 5.67. The maximum atomic E-state index is 11.7. The molecule has 1 N–H and O–H groups in total. The Labute approximate surface area is 90.7 Å². The van der Waals surface area contributed by atoms with Gasteiger partial charge in [0.1, 0.15) is 0 Å². The molecule has 0 bridgehead atoms. The molecule has 1 aliphatic heterocycles. The van der Waals surface area contributed by atoms with Gasteiger partial charge in [0.25, 0.3) is 0 Å². The van der Waals surface area contributed by atoms with Gasteiger partial charge in [0.2, 0.25) is 0 Å². The largest absolute Gasteiger partial charge is 0.312 e. The van der Waals surface area contributed by atoms with Gasteiger partial charge in [0, 0.05) is 18.5 Å². The van der Waals surface area contributed by atoms with Crippen LogP contribution in [0.5, 0.6) is 0 Å². The summed E-state index contributed by atoms with van der Waals surface area (Å²) in [5.41, 5.74) is 3.57. The van der Waals surface area contributed by atoms with Crippen molar-refractivity contribution in [2.75, 3.05) is 6.54 Å². The molecule has 0 aromatic heterocycles. The minimum atomic E-state index is 0.277. The van der Waals surface area contributed by atoms with Crippen LogP contribution < -0.4 is 5.32 Å². The van der Waals surface area contributed by atoms with E-state index < -0.39 is 0 Å². The Bertz CT molecular complexity index is 371. The Balaban J connectivity index is 2.24. The Morgan fingerprint density at radius 1 is 1.40 bits per heavy atom. The minimum absolute atomic E-state index is 0.277. The lowest BCUT2D eigenvalue weighted by Crippen LogP contribution is -2.23. The molecule has 0 radical (unpaired) electrons. The molecule has 2 heteroatoms. The van der Waals surface area contributed by atoms with Crippen LogP contribution in [-0.2, 0) is 13.0 Å². The lowest BCUT2D eigenvalue weighted by Gasteiger charge is -2.17. The molecule has 1 aromatic carbocycles. The number of carbonyl (C=O) groups is 1. The second kappa shape index (κ2) is 4.58. The zero-order chi connectivity index (χ0) is 10.7. The summed E-state index contributed by atoms with van der Waals surface area (Å²) in [5.74, 6) is 0.277. The average molecular weight is 203 g/mol. The van der Waals surface area contributed by atoms with Crippen molar-refractivity contribution < 1.29 is 4.79 Å². The van der Waals surface area contributed by atoms with Gasteiger partial charge in [-0.05, 0) is 36.6 Å². The molecule has 1 aromatic rings. The lowest BCUT2D eigenvalue weighted by molar-refractivity contribution is 0.0981. The van der Waals surface area contributed by atoms with E-state index in [0.717, 1.165) is 31.5 Å². The SMILES string of the molecule is CCCC(=O)c1ccc2c(c1)CCNC2. The van der Waals surface area contributed by atoms with E-state index in [0.29, 0.717) is 6.42 Å². The lowest BCUT2D eigenvalue weighted by atomic mass is 9.96. The number of fused-ring (bicyclic) bond motifs is 1. The summed E-state index contributed by atoms with van der Waals surface area (Å²) in [6, 6.07) is 6.13. The fourth-order valence-electron chi connectivity index (χ4n) is 2.02. The maximum absolute atomic E-state index is 11.7. The van der Waals surface area contributed by atoms with Gasteiger partial charge in [-0.25, -0.2) is 0 Å². The van der Waals surface area contributed by atoms with E-state index in [-0.39, 0.29) is 5.78 Å². The summed E-state index contributed by atoms with van der Waals surface area (Å²) in [6.45, 7) is 4.01. The Morgan fingerprint density at radius 2 is 2.27 bits per heavy atom. The van der Waals surface area contributed by atoms with Crippen LogP contribution in [0.1, 0.15) is 41.3 Å². The van der Waals surface area contributed by atoms with E-state index in [1.54, 1.807) is 0 Å². The molecule has 0 saturated carbocycles. The predicted octanol–water partition coefficient (Wildman–Crippen LogP) is 2.32. The highest BCUT2D eigenvalue weighted by atomic mass is 16.1. The van der Waals surface area contributed by atoms with E-state index in [2.05, 4.69) is 17.4 Å². The van der Waals surface area contributed by atoms with Crippen molar-refractivity contribution in [3.8, 4) is 0 Å². The average Bonchev–Trinajstić information content (AvgIpc) is 2.29. The van der Waals surface area contributed by atoms with E-state index in [1.807, 2.05) is 13.0 Å². The van der Waals surface area contributed by atoms with Crippen molar-refractivity contribution in [3.05, 3.63) is 34.9 Å². The zero-order valence-corrected chi connectivity index (χ0v) is 9.18. The fourth-order valence-corrected chi connectivity index (χ4v) is 2.02. The third-order valence-electron chi connectivity index (χ3n) is 2.89. The van der Waals surface area contributed by atoms with Crippen LogP contribution in [0, 0.1) is 0 Å². The van der Waals surface area contributed by atoms with E-state index in [9.17, 15) is 4.79 Å². The number of benzene rings is 1. The van der Waals surface area contributed by atoms with Gasteiger partial charge in [-0.2, -0.15) is 0 Å². The van der Waals surface area contributed by atoms with E-state index in [1.165, 1.54) is 11.1 Å². The molecule has 0 spiro atoms. The van der Waals surface area contributed by atoms with Crippen molar-refractivity contribution >= 4 is 5.78 Å². The summed E-state index contributed by atoms with van der Waals surface area (Å²) in [5, 5.41) is 3.33. The zero-order valence-electron chi connectivity index (χ0n) is 9.18. The van der Waals surface area contributed by atoms with E-state index in [4.69, 9.17) is 0 Å². The molecule has 15 heavy (non-hydrogen) atoms. The molecule has 2 rings (SSSR count). The molecule has 80 valence electrons.